The Morgan fingerprint density at radius 1 is 1.19 bits per heavy atom. The third kappa shape index (κ3) is 4.54. The van der Waals surface area contributed by atoms with E-state index in [1.165, 1.54) is 0 Å². The van der Waals surface area contributed by atoms with Crippen molar-refractivity contribution in [3.05, 3.63) is 52.3 Å². The Morgan fingerprint density at radius 2 is 1.88 bits per heavy atom. The summed E-state index contributed by atoms with van der Waals surface area (Å²) in [4.78, 5) is 15.0. The van der Waals surface area contributed by atoms with E-state index in [9.17, 15) is 4.79 Å². The SMILES string of the molecule is Cc1cc(C(=O)CNCCN2CCOCC2)c(C)n1-c1ccc(Cl)cc1. The van der Waals surface area contributed by atoms with Crippen LogP contribution in [0.4, 0.5) is 0 Å². The van der Waals surface area contributed by atoms with Gasteiger partial charge in [0.1, 0.15) is 0 Å². The average Bonchev–Trinajstić information content (AvgIpc) is 2.95. The maximum Gasteiger partial charge on any atom is 0.178 e. The fourth-order valence-corrected chi connectivity index (χ4v) is 3.52. The first-order valence-electron chi connectivity index (χ1n) is 9.05. The van der Waals surface area contributed by atoms with Crippen molar-refractivity contribution in [1.29, 1.82) is 0 Å². The molecule has 3 rings (SSSR count). The number of aromatic nitrogens is 1. The Bertz CT molecular complexity index is 749. The largest absolute Gasteiger partial charge is 0.379 e. The molecular formula is C20H26ClN3O2. The number of aryl methyl sites for hydroxylation is 1. The standard InChI is InChI=1S/C20H26ClN3O2/c1-15-13-19(16(2)24(15)18-5-3-17(21)4-6-18)20(25)14-22-7-8-23-9-11-26-12-10-23/h3-6,13,22H,7-12,14H2,1-2H3. The Hall–Kier alpha value is -1.66. The van der Waals surface area contributed by atoms with Gasteiger partial charge in [-0.15, -0.1) is 0 Å². The zero-order valence-electron chi connectivity index (χ0n) is 15.4. The summed E-state index contributed by atoms with van der Waals surface area (Å²) in [6.07, 6.45) is 0. The molecule has 140 valence electrons. The lowest BCUT2D eigenvalue weighted by Gasteiger charge is -2.26. The molecule has 1 aliphatic heterocycles. The van der Waals surface area contributed by atoms with Crippen LogP contribution in [0.1, 0.15) is 21.7 Å². The number of hydrogen-bond donors (Lipinski definition) is 1. The topological polar surface area (TPSA) is 46.5 Å². The van der Waals surface area contributed by atoms with E-state index < -0.39 is 0 Å². The normalized spacial score (nSPS) is 15.3. The second kappa shape index (κ2) is 8.82. The molecule has 1 fully saturated rings. The van der Waals surface area contributed by atoms with Gasteiger partial charge < -0.3 is 14.6 Å². The average molecular weight is 376 g/mol. The van der Waals surface area contributed by atoms with Gasteiger partial charge in [0, 0.05) is 53.8 Å². The number of carbonyl (C=O) groups excluding carboxylic acids is 1. The number of nitrogens with one attached hydrogen (secondary N) is 1. The molecule has 1 saturated heterocycles. The molecule has 2 heterocycles. The highest BCUT2D eigenvalue weighted by atomic mass is 35.5. The van der Waals surface area contributed by atoms with Crippen molar-refractivity contribution in [2.24, 2.45) is 0 Å². The lowest BCUT2D eigenvalue weighted by Crippen LogP contribution is -2.41. The minimum atomic E-state index is 0.125. The van der Waals surface area contributed by atoms with Crippen molar-refractivity contribution in [2.45, 2.75) is 13.8 Å². The summed E-state index contributed by atoms with van der Waals surface area (Å²) < 4.78 is 7.44. The van der Waals surface area contributed by atoms with Crippen LogP contribution in [0.15, 0.2) is 30.3 Å². The van der Waals surface area contributed by atoms with Gasteiger partial charge in [-0.2, -0.15) is 0 Å². The molecule has 0 aliphatic carbocycles. The predicted octanol–water partition coefficient (Wildman–Crippen LogP) is 2.85. The van der Waals surface area contributed by atoms with Gasteiger partial charge >= 0.3 is 0 Å². The summed E-state index contributed by atoms with van der Waals surface area (Å²) in [5, 5.41) is 3.98. The fourth-order valence-electron chi connectivity index (χ4n) is 3.39. The van der Waals surface area contributed by atoms with Crippen molar-refractivity contribution in [2.75, 3.05) is 45.9 Å². The minimum absolute atomic E-state index is 0.125. The van der Waals surface area contributed by atoms with Crippen LogP contribution in [0.5, 0.6) is 0 Å². The molecule has 0 saturated carbocycles. The molecule has 0 atom stereocenters. The molecule has 0 unspecified atom stereocenters. The molecule has 1 aromatic carbocycles. The molecule has 0 amide bonds. The first kappa shape index (κ1) is 19.1. The zero-order chi connectivity index (χ0) is 18.5. The van der Waals surface area contributed by atoms with Gasteiger partial charge in [-0.25, -0.2) is 0 Å². The number of nitrogens with zero attached hydrogens (tertiary/aromatic N) is 2. The van der Waals surface area contributed by atoms with Gasteiger partial charge in [-0.05, 0) is 44.2 Å². The van der Waals surface area contributed by atoms with Crippen molar-refractivity contribution < 1.29 is 9.53 Å². The van der Waals surface area contributed by atoms with Gasteiger partial charge in [0.2, 0.25) is 0 Å². The smallest absolute Gasteiger partial charge is 0.178 e. The van der Waals surface area contributed by atoms with Gasteiger partial charge in [-0.3, -0.25) is 9.69 Å². The highest BCUT2D eigenvalue weighted by molar-refractivity contribution is 6.30. The Morgan fingerprint density at radius 3 is 2.58 bits per heavy atom. The molecule has 5 nitrogen and oxygen atoms in total. The molecule has 0 radical (unpaired) electrons. The van der Waals surface area contributed by atoms with Crippen LogP contribution in [0.3, 0.4) is 0 Å². The molecule has 1 N–H and O–H groups in total. The highest BCUT2D eigenvalue weighted by Gasteiger charge is 2.16. The Balaban J connectivity index is 1.59. The second-order valence-electron chi connectivity index (χ2n) is 6.65. The second-order valence-corrected chi connectivity index (χ2v) is 7.09. The molecule has 26 heavy (non-hydrogen) atoms. The molecule has 0 spiro atoms. The number of hydrogen-bond acceptors (Lipinski definition) is 4. The predicted molar refractivity (Wildman–Crippen MR) is 105 cm³/mol. The molecule has 0 bridgehead atoms. The summed E-state index contributed by atoms with van der Waals surface area (Å²) in [6.45, 7) is 9.66. The van der Waals surface area contributed by atoms with Crippen LogP contribution in [0.2, 0.25) is 5.02 Å². The van der Waals surface area contributed by atoms with E-state index >= 15 is 0 Å². The monoisotopic (exact) mass is 375 g/mol. The lowest BCUT2D eigenvalue weighted by atomic mass is 10.1. The molecule has 6 heteroatoms. The summed E-state index contributed by atoms with van der Waals surface area (Å²) >= 11 is 5.98. The van der Waals surface area contributed by atoms with Gasteiger partial charge in [0.05, 0.1) is 19.8 Å². The Labute approximate surface area is 159 Å². The number of Topliss-reactive ketones (excluding diaryl/α,β-unsaturated/α-hetero) is 1. The van der Waals surface area contributed by atoms with E-state index in [0.29, 0.717) is 11.6 Å². The lowest BCUT2D eigenvalue weighted by molar-refractivity contribution is 0.0384. The highest BCUT2D eigenvalue weighted by Crippen LogP contribution is 2.22. The summed E-state index contributed by atoms with van der Waals surface area (Å²) in [7, 11) is 0. The number of halogens is 1. The first-order valence-corrected chi connectivity index (χ1v) is 9.43. The number of carbonyl (C=O) groups is 1. The summed E-state index contributed by atoms with van der Waals surface area (Å²) in [5.41, 5.74) is 3.80. The third-order valence-corrected chi connectivity index (χ3v) is 5.06. The number of morpholine rings is 1. The Kier molecular flexibility index (Phi) is 6.48. The van der Waals surface area contributed by atoms with E-state index in [1.807, 2.05) is 44.2 Å². The van der Waals surface area contributed by atoms with Crippen molar-refractivity contribution in [1.82, 2.24) is 14.8 Å². The molecular weight excluding hydrogens is 350 g/mol. The van der Waals surface area contributed by atoms with Crippen LogP contribution in [0, 0.1) is 13.8 Å². The molecule has 1 aliphatic rings. The van der Waals surface area contributed by atoms with Crippen LogP contribution in [0.25, 0.3) is 5.69 Å². The zero-order valence-corrected chi connectivity index (χ0v) is 16.2. The van der Waals surface area contributed by atoms with Crippen molar-refractivity contribution >= 4 is 17.4 Å². The summed E-state index contributed by atoms with van der Waals surface area (Å²) in [6, 6.07) is 9.64. The molecule has 2 aromatic rings. The maximum absolute atomic E-state index is 12.6. The van der Waals surface area contributed by atoms with Gasteiger partial charge in [0.15, 0.2) is 5.78 Å². The van der Waals surface area contributed by atoms with Crippen molar-refractivity contribution in [3.63, 3.8) is 0 Å². The van der Waals surface area contributed by atoms with Crippen LogP contribution >= 0.6 is 11.6 Å². The molecule has 1 aromatic heterocycles. The number of ketones is 1. The fraction of sp³-hybridized carbons (Fsp3) is 0.450. The maximum atomic E-state index is 12.6. The van der Waals surface area contributed by atoms with Crippen LogP contribution in [-0.4, -0.2) is 61.2 Å². The number of benzene rings is 1. The number of ether oxygens (including phenoxy) is 1. The van der Waals surface area contributed by atoms with Gasteiger partial charge in [-0.1, -0.05) is 11.6 Å². The first-order chi connectivity index (χ1) is 12.6. The van der Waals surface area contributed by atoms with E-state index in [-0.39, 0.29) is 5.78 Å². The summed E-state index contributed by atoms with van der Waals surface area (Å²) in [5.74, 6) is 0.125. The third-order valence-electron chi connectivity index (χ3n) is 4.81. The van der Waals surface area contributed by atoms with E-state index in [4.69, 9.17) is 16.3 Å². The van der Waals surface area contributed by atoms with E-state index in [0.717, 1.165) is 62.0 Å². The number of rotatable bonds is 7. The van der Waals surface area contributed by atoms with Crippen molar-refractivity contribution in [3.8, 4) is 5.69 Å². The van der Waals surface area contributed by atoms with Crippen LogP contribution < -0.4 is 5.32 Å². The minimum Gasteiger partial charge on any atom is -0.379 e. The van der Waals surface area contributed by atoms with E-state index in [1.54, 1.807) is 0 Å². The van der Waals surface area contributed by atoms with E-state index in [2.05, 4.69) is 14.8 Å². The van der Waals surface area contributed by atoms with Crippen LogP contribution in [-0.2, 0) is 4.74 Å². The quantitative estimate of drug-likeness (QED) is 0.597. The van der Waals surface area contributed by atoms with Gasteiger partial charge in [0.25, 0.3) is 0 Å².